The molecule has 0 amide bonds. The van der Waals surface area contributed by atoms with E-state index in [0.717, 1.165) is 42.3 Å². The Labute approximate surface area is 307 Å². The van der Waals surface area contributed by atoms with Gasteiger partial charge in [0.2, 0.25) is 0 Å². The van der Waals surface area contributed by atoms with Crippen LogP contribution < -0.4 is 0 Å². The molecule has 3 heterocycles. The Balaban J connectivity index is 0.000000251. The van der Waals surface area contributed by atoms with E-state index in [1.165, 1.54) is 47.3 Å². The number of allylic oxidation sites excluding steroid dienone is 2. The molecule has 0 saturated carbocycles. The first kappa shape index (κ1) is 37.9. The van der Waals surface area contributed by atoms with E-state index in [1.807, 2.05) is 59.1 Å². The van der Waals surface area contributed by atoms with E-state index < -0.39 is 0 Å². The van der Waals surface area contributed by atoms with Crippen molar-refractivity contribution in [2.75, 3.05) is 0 Å². The number of benzene rings is 3. The molecule has 3 aromatic carbocycles. The number of hydrogen-bond donors (Lipinski definition) is 1. The van der Waals surface area contributed by atoms with E-state index in [-0.39, 0.29) is 47.9 Å². The van der Waals surface area contributed by atoms with Crippen LogP contribution in [0.4, 0.5) is 0 Å². The van der Waals surface area contributed by atoms with Gasteiger partial charge in [-0.1, -0.05) is 91.5 Å². The summed E-state index contributed by atoms with van der Waals surface area (Å²) in [7, 11) is 0. The monoisotopic (exact) mass is 855 g/mol. The molecule has 1 N–H and O–H groups in total. The van der Waals surface area contributed by atoms with E-state index in [4.69, 9.17) is 4.98 Å². The topological polar surface area (TPSA) is 50.2 Å². The van der Waals surface area contributed by atoms with Crippen molar-refractivity contribution in [3.63, 3.8) is 0 Å². The second-order valence-corrected chi connectivity index (χ2v) is 16.3. The van der Waals surface area contributed by atoms with Crippen LogP contribution in [0.1, 0.15) is 93.6 Å². The van der Waals surface area contributed by atoms with Crippen molar-refractivity contribution in [3.05, 3.63) is 89.6 Å². The molecule has 0 fully saturated rings. The second kappa shape index (κ2) is 14.9. The Kier molecular flexibility index (Phi) is 11.8. The number of carbonyl (C=O) groups is 1. The normalized spacial score (nSPS) is 12.7. The largest absolute Gasteiger partial charge is 0.512 e. The van der Waals surface area contributed by atoms with Gasteiger partial charge in [0.25, 0.3) is 0 Å². The van der Waals surface area contributed by atoms with E-state index in [1.54, 1.807) is 11.3 Å². The van der Waals surface area contributed by atoms with E-state index in [9.17, 15) is 9.90 Å². The minimum Gasteiger partial charge on any atom is -0.512 e. The van der Waals surface area contributed by atoms with Gasteiger partial charge in [0.05, 0.1) is 0 Å². The van der Waals surface area contributed by atoms with Crippen molar-refractivity contribution in [1.82, 2.24) is 4.98 Å². The molecule has 6 aromatic rings. The number of rotatable bonds is 8. The zero-order valence-electron chi connectivity index (χ0n) is 29.7. The number of thiophene rings is 2. The van der Waals surface area contributed by atoms with Gasteiger partial charge < -0.3 is 5.11 Å². The quantitative estimate of drug-likeness (QED) is 0.0943. The van der Waals surface area contributed by atoms with Crippen LogP contribution in [-0.4, -0.2) is 15.9 Å². The number of fused-ring (bicyclic) bond motifs is 5. The van der Waals surface area contributed by atoms with Crippen molar-refractivity contribution in [1.29, 1.82) is 0 Å². The van der Waals surface area contributed by atoms with Crippen LogP contribution in [0.2, 0.25) is 0 Å². The van der Waals surface area contributed by atoms with E-state index >= 15 is 0 Å². The zero-order chi connectivity index (χ0) is 34.1. The van der Waals surface area contributed by atoms with Crippen LogP contribution in [-0.2, 0) is 30.3 Å². The average Bonchev–Trinajstić information content (AvgIpc) is 3.69. The predicted molar refractivity (Wildman–Crippen MR) is 206 cm³/mol. The predicted octanol–water partition coefficient (Wildman–Crippen LogP) is 13.2. The summed E-state index contributed by atoms with van der Waals surface area (Å²) in [5, 5.41) is 18.6. The fraction of sp³-hybridized carbons (Fsp3) is 0.381. The van der Waals surface area contributed by atoms with Crippen molar-refractivity contribution >= 4 is 69.5 Å². The van der Waals surface area contributed by atoms with Crippen molar-refractivity contribution in [3.8, 4) is 11.3 Å². The molecule has 0 spiro atoms. The Bertz CT molecular complexity index is 2090. The third-order valence-electron chi connectivity index (χ3n) is 10.4. The third-order valence-corrected chi connectivity index (χ3v) is 12.4. The number of nitrogens with zero attached hydrogens (tertiary/aromatic N) is 1. The number of aliphatic hydroxyl groups excluding tert-OH is 1. The summed E-state index contributed by atoms with van der Waals surface area (Å²) in [5.41, 5.74) is 2.89. The van der Waals surface area contributed by atoms with E-state index in [0.29, 0.717) is 0 Å². The first-order chi connectivity index (χ1) is 22.3. The molecule has 48 heavy (non-hydrogen) atoms. The maximum atomic E-state index is 12.2. The molecule has 0 unspecified atom stereocenters. The number of pyridine rings is 1. The van der Waals surface area contributed by atoms with Gasteiger partial charge in [-0.25, -0.2) is 0 Å². The van der Waals surface area contributed by atoms with Gasteiger partial charge >= 0.3 is 0 Å². The number of aliphatic hydroxyl groups is 1. The summed E-state index contributed by atoms with van der Waals surface area (Å²) < 4.78 is 3.93. The molecule has 3 aromatic heterocycles. The number of ketones is 1. The average molecular weight is 855 g/mol. The first-order valence-electron chi connectivity index (χ1n) is 16.9. The molecule has 0 bridgehead atoms. The molecule has 0 aliphatic rings. The number of aromatic nitrogens is 1. The Morgan fingerprint density at radius 1 is 0.833 bits per heavy atom. The zero-order valence-corrected chi connectivity index (χ0v) is 33.7. The summed E-state index contributed by atoms with van der Waals surface area (Å²) in [4.78, 5) is 17.1. The molecule has 0 aliphatic carbocycles. The summed E-state index contributed by atoms with van der Waals surface area (Å²) in [6.45, 7) is 18.9. The second-order valence-electron chi connectivity index (χ2n) is 14.3. The van der Waals surface area contributed by atoms with Crippen LogP contribution in [0.3, 0.4) is 0 Å². The standard InChI is InChI=1S/C27H20NS2.C15H28O2.Ir/c1-27(2,3)21-13-18(12-16-6-4-5-7-19(16)21)26-25-20-15-23-17(9-11-29-23)14-24(20)30-22(25)8-10-28-26;1-7-14(5,8-2)12(16)11-13(17)15(6,9-3)10-4;/h4-11,13-15H,1-3H3;11,16H,7-10H2,1-6H3;/q-1;;/b;12-11-;. The first-order valence-corrected chi connectivity index (χ1v) is 18.6. The summed E-state index contributed by atoms with van der Waals surface area (Å²) in [5.74, 6) is 0.286. The Morgan fingerprint density at radius 3 is 2.15 bits per heavy atom. The van der Waals surface area contributed by atoms with Gasteiger partial charge in [-0.15, -0.1) is 51.8 Å². The van der Waals surface area contributed by atoms with Crippen LogP contribution >= 0.6 is 22.7 Å². The molecule has 6 rings (SSSR count). The minimum absolute atomic E-state index is 0. The molecule has 3 nitrogen and oxygen atoms in total. The molecular weight excluding hydrogens is 807 g/mol. The molecule has 255 valence electrons. The molecule has 1 radical (unpaired) electrons. The SMILES string of the molecule is CC(C)(C)c1cc(-c2nccc3sc4cc5ccsc5cc4c23)[c-]c2ccccc12.CCC(C)(CC)C(=O)/C=C(\O)C(C)(CC)CC.[Ir]. The molecule has 0 saturated heterocycles. The van der Waals surface area contributed by atoms with Gasteiger partial charge in [-0.3, -0.25) is 9.78 Å². The number of hydrogen-bond acceptors (Lipinski definition) is 5. The Hall–Kier alpha value is -2.89. The fourth-order valence-corrected chi connectivity index (χ4v) is 7.98. The van der Waals surface area contributed by atoms with Gasteiger partial charge in [0.1, 0.15) is 5.76 Å². The summed E-state index contributed by atoms with van der Waals surface area (Å²) >= 11 is 3.65. The molecule has 0 aliphatic heterocycles. The van der Waals surface area contributed by atoms with Crippen molar-refractivity contribution in [2.45, 2.75) is 93.4 Å². The van der Waals surface area contributed by atoms with Crippen LogP contribution in [0.25, 0.3) is 52.3 Å². The smallest absolute Gasteiger partial charge is 0.164 e. The van der Waals surface area contributed by atoms with Crippen molar-refractivity contribution < 1.29 is 30.0 Å². The van der Waals surface area contributed by atoms with Gasteiger partial charge in [-0.05, 0) is 76.9 Å². The van der Waals surface area contributed by atoms with Crippen LogP contribution in [0.15, 0.2) is 78.0 Å². The van der Waals surface area contributed by atoms with Gasteiger partial charge in [0, 0.05) is 63.0 Å². The molecule has 0 atom stereocenters. The maximum absolute atomic E-state index is 12.2. The van der Waals surface area contributed by atoms with Crippen molar-refractivity contribution in [2.24, 2.45) is 10.8 Å². The molecule has 6 heteroatoms. The third kappa shape index (κ3) is 7.33. The summed E-state index contributed by atoms with van der Waals surface area (Å²) in [6.07, 6.45) is 6.69. The van der Waals surface area contributed by atoms with Crippen LogP contribution in [0.5, 0.6) is 0 Å². The summed E-state index contributed by atoms with van der Waals surface area (Å²) in [6, 6.07) is 23.6. The maximum Gasteiger partial charge on any atom is 0.164 e. The van der Waals surface area contributed by atoms with Crippen LogP contribution in [0, 0.1) is 16.9 Å². The Morgan fingerprint density at radius 2 is 1.50 bits per heavy atom. The molecular formula is C42H48IrNO2S2-. The van der Waals surface area contributed by atoms with E-state index in [2.05, 4.69) is 86.8 Å². The fourth-order valence-electron chi connectivity index (χ4n) is 6.04. The van der Waals surface area contributed by atoms with Gasteiger partial charge in [-0.2, -0.15) is 0 Å². The van der Waals surface area contributed by atoms with Gasteiger partial charge in [0.15, 0.2) is 5.78 Å². The number of carbonyl (C=O) groups excluding carboxylic acids is 1. The minimum atomic E-state index is -0.337.